The molecule has 0 fully saturated rings. The smallest absolute Gasteiger partial charge is 0.0104 e. The van der Waals surface area contributed by atoms with Crippen molar-refractivity contribution in [3.05, 3.63) is 12.7 Å². The van der Waals surface area contributed by atoms with Crippen molar-refractivity contribution in [1.29, 1.82) is 0 Å². The summed E-state index contributed by atoms with van der Waals surface area (Å²) >= 11 is 0. The van der Waals surface area contributed by atoms with Crippen LogP contribution in [0.3, 0.4) is 0 Å². The minimum absolute atomic E-state index is 0. The maximum atomic E-state index is 4.91. The summed E-state index contributed by atoms with van der Waals surface area (Å²) in [6, 6.07) is 0. The molecule has 60 valence electrons. The molecule has 0 unspecified atom stereocenters. The second kappa shape index (κ2) is 85.5. The van der Waals surface area contributed by atoms with E-state index in [9.17, 15) is 0 Å². The molecule has 9 heavy (non-hydrogen) atoms. The molecule has 0 amide bonds. The van der Waals surface area contributed by atoms with E-state index in [1.807, 2.05) is 0 Å². The van der Waals surface area contributed by atoms with Crippen LogP contribution < -0.4 is 5.73 Å². The quantitative estimate of drug-likeness (QED) is 0.326. The van der Waals surface area contributed by atoms with E-state index in [0.29, 0.717) is 6.54 Å². The molecule has 0 rings (SSSR count). The molecule has 0 heterocycles. The first-order valence-electron chi connectivity index (χ1n) is 1.22. The molecule has 0 saturated carbocycles. The molecule has 10 N–H and O–H groups in total. The molecule has 6 heteroatoms. The van der Waals surface area contributed by atoms with E-state index in [4.69, 9.17) is 5.73 Å². The summed E-state index contributed by atoms with van der Waals surface area (Å²) < 4.78 is 0. The molecule has 0 radical (unpaired) electrons. The van der Waals surface area contributed by atoms with Crippen molar-refractivity contribution >= 4 is 0 Å². The Balaban J connectivity index is -0.00000000450. The van der Waals surface area contributed by atoms with Gasteiger partial charge in [0.05, 0.1) is 0 Å². The van der Waals surface area contributed by atoms with Crippen LogP contribution in [0.4, 0.5) is 0 Å². The normalized spacial score (nSPS) is 2.78. The van der Waals surface area contributed by atoms with Crippen molar-refractivity contribution < 1.29 is 43.6 Å². The molecule has 0 aliphatic rings. The molecule has 0 aliphatic carbocycles. The Bertz CT molecular complexity index is 29.8. The number of rotatable bonds is 1. The van der Waals surface area contributed by atoms with Crippen molar-refractivity contribution in [2.75, 3.05) is 6.54 Å². The molecule has 0 aliphatic heterocycles. The molecule has 0 aromatic heterocycles. The molecule has 5 nitrogen and oxygen atoms in total. The minimum Gasteiger partial charge on any atom is -0.412 e. The summed E-state index contributed by atoms with van der Waals surface area (Å²) in [5.74, 6) is 0. The van der Waals surface area contributed by atoms with E-state index in [1.54, 1.807) is 6.08 Å². The Morgan fingerprint density at radius 1 is 1.11 bits per heavy atom. The van der Waals surface area contributed by atoms with Gasteiger partial charge in [0.15, 0.2) is 0 Å². The van der Waals surface area contributed by atoms with Crippen LogP contribution in [0.15, 0.2) is 12.7 Å². The SMILES string of the molecule is C=CCN.O.O.O.O.[Ti]. The second-order valence-electron chi connectivity index (χ2n) is 0.524. The molecule has 0 atom stereocenters. The van der Waals surface area contributed by atoms with Crippen LogP contribution in [0.25, 0.3) is 0 Å². The van der Waals surface area contributed by atoms with E-state index in [-0.39, 0.29) is 43.6 Å². The third kappa shape index (κ3) is 205. The fourth-order valence-corrected chi connectivity index (χ4v) is 0. The van der Waals surface area contributed by atoms with Crippen molar-refractivity contribution in [3.8, 4) is 0 Å². The first-order chi connectivity index (χ1) is 1.91. The zero-order valence-corrected chi connectivity index (χ0v) is 6.63. The van der Waals surface area contributed by atoms with Gasteiger partial charge >= 0.3 is 0 Å². The fourth-order valence-electron chi connectivity index (χ4n) is 0. The van der Waals surface area contributed by atoms with Gasteiger partial charge in [-0.2, -0.15) is 0 Å². The first-order valence-corrected chi connectivity index (χ1v) is 1.22. The van der Waals surface area contributed by atoms with Gasteiger partial charge < -0.3 is 27.6 Å². The van der Waals surface area contributed by atoms with Gasteiger partial charge in [-0.15, -0.1) is 6.58 Å². The van der Waals surface area contributed by atoms with E-state index in [2.05, 4.69) is 6.58 Å². The van der Waals surface area contributed by atoms with Gasteiger partial charge in [-0.05, 0) is 0 Å². The van der Waals surface area contributed by atoms with E-state index in [0.717, 1.165) is 0 Å². The van der Waals surface area contributed by atoms with Crippen LogP contribution in [0.5, 0.6) is 0 Å². The molecular weight excluding hydrogens is 162 g/mol. The van der Waals surface area contributed by atoms with Crippen molar-refractivity contribution in [2.45, 2.75) is 0 Å². The van der Waals surface area contributed by atoms with Crippen molar-refractivity contribution in [3.63, 3.8) is 0 Å². The first kappa shape index (κ1) is 59.5. The topological polar surface area (TPSA) is 152 Å². The van der Waals surface area contributed by atoms with Gasteiger partial charge in [0.2, 0.25) is 0 Å². The van der Waals surface area contributed by atoms with Gasteiger partial charge in [0, 0.05) is 28.3 Å². The van der Waals surface area contributed by atoms with Crippen molar-refractivity contribution in [1.82, 2.24) is 0 Å². The summed E-state index contributed by atoms with van der Waals surface area (Å²) in [6.45, 7) is 3.94. The molecule has 0 aromatic carbocycles. The van der Waals surface area contributed by atoms with Crippen LogP contribution in [0, 0.1) is 0 Å². The molecule has 0 spiro atoms. The van der Waals surface area contributed by atoms with Gasteiger partial charge in [0.25, 0.3) is 0 Å². The number of nitrogens with two attached hydrogens (primary N) is 1. The Morgan fingerprint density at radius 2 is 1.22 bits per heavy atom. The maximum absolute atomic E-state index is 4.91. The minimum atomic E-state index is 0. The Labute approximate surface area is 69.0 Å². The third-order valence-corrected chi connectivity index (χ3v) is 0.167. The summed E-state index contributed by atoms with van der Waals surface area (Å²) in [7, 11) is 0. The zero-order chi connectivity index (χ0) is 3.41. The van der Waals surface area contributed by atoms with Crippen LogP contribution in [-0.4, -0.2) is 28.4 Å². The summed E-state index contributed by atoms with van der Waals surface area (Å²) in [5.41, 5.74) is 4.91. The van der Waals surface area contributed by atoms with Gasteiger partial charge in [-0.1, -0.05) is 6.08 Å². The average Bonchev–Trinajstić information content (AvgIpc) is 1.37. The maximum Gasteiger partial charge on any atom is 0.0104 e. The van der Waals surface area contributed by atoms with Gasteiger partial charge in [-0.3, -0.25) is 0 Å². The molecular formula is C3H15NO4Ti. The van der Waals surface area contributed by atoms with Gasteiger partial charge in [0.1, 0.15) is 0 Å². The second-order valence-corrected chi connectivity index (χ2v) is 0.524. The predicted molar refractivity (Wildman–Crippen MR) is 33.7 cm³/mol. The standard InChI is InChI=1S/C3H7N.4H2O.Ti/c1-2-3-4;;;;;/h2H,1,3-4H2;4*1H2;. The monoisotopic (exact) mass is 177 g/mol. The Morgan fingerprint density at radius 3 is 1.22 bits per heavy atom. The number of hydrogen-bond donors (Lipinski definition) is 1. The summed E-state index contributed by atoms with van der Waals surface area (Å²) in [4.78, 5) is 0. The zero-order valence-electron chi connectivity index (χ0n) is 5.07. The van der Waals surface area contributed by atoms with Crippen LogP contribution in [0.2, 0.25) is 0 Å². The van der Waals surface area contributed by atoms with Crippen LogP contribution in [0.1, 0.15) is 0 Å². The average molecular weight is 177 g/mol. The number of hydrogen-bond acceptors (Lipinski definition) is 1. The summed E-state index contributed by atoms with van der Waals surface area (Å²) in [5, 5.41) is 0. The van der Waals surface area contributed by atoms with E-state index >= 15 is 0 Å². The largest absolute Gasteiger partial charge is 0.412 e. The molecule has 0 bridgehead atoms. The Kier molecular flexibility index (Phi) is 565. The fraction of sp³-hybridized carbons (Fsp3) is 0.333. The van der Waals surface area contributed by atoms with Crippen molar-refractivity contribution in [2.24, 2.45) is 5.73 Å². The predicted octanol–water partition coefficient (Wildman–Crippen LogP) is -3.17. The third-order valence-electron chi connectivity index (χ3n) is 0.167. The summed E-state index contributed by atoms with van der Waals surface area (Å²) in [6.07, 6.45) is 1.65. The van der Waals surface area contributed by atoms with E-state index in [1.165, 1.54) is 0 Å². The van der Waals surface area contributed by atoms with Crippen LogP contribution >= 0.6 is 0 Å². The Hall–Kier alpha value is 0.254. The van der Waals surface area contributed by atoms with Gasteiger partial charge in [-0.25, -0.2) is 0 Å². The molecule has 0 aromatic rings. The van der Waals surface area contributed by atoms with Crippen LogP contribution in [-0.2, 0) is 21.7 Å². The molecule has 0 saturated heterocycles. The van der Waals surface area contributed by atoms with E-state index < -0.39 is 0 Å².